The molecule has 0 fully saturated rings. The molecule has 1 unspecified atom stereocenters. The van der Waals surface area contributed by atoms with Crippen molar-refractivity contribution in [3.63, 3.8) is 0 Å². The predicted molar refractivity (Wildman–Crippen MR) is 146 cm³/mol. The molecule has 2 aromatic carbocycles. The molecule has 1 atom stereocenters. The first-order valence-corrected chi connectivity index (χ1v) is 15.0. The number of benzene rings is 2. The third kappa shape index (κ3) is 6.43. The molecule has 0 spiro atoms. The van der Waals surface area contributed by atoms with Crippen molar-refractivity contribution < 1.29 is 13.2 Å². The van der Waals surface area contributed by atoms with Crippen molar-refractivity contribution in [3.8, 4) is 0 Å². The summed E-state index contributed by atoms with van der Waals surface area (Å²) in [6, 6.07) is 11.8. The molecule has 3 aromatic rings. The second-order valence-corrected chi connectivity index (χ2v) is 13.9. The number of nitrogens with zero attached hydrogens (tertiary/aromatic N) is 1. The lowest BCUT2D eigenvalue weighted by molar-refractivity contribution is -0.116. The van der Waals surface area contributed by atoms with Crippen LogP contribution in [0.25, 0.3) is 10.1 Å². The van der Waals surface area contributed by atoms with Crippen LogP contribution in [0.1, 0.15) is 50.3 Å². The van der Waals surface area contributed by atoms with Crippen LogP contribution < -0.4 is 0 Å². The summed E-state index contributed by atoms with van der Waals surface area (Å²) in [4.78, 5) is 12.4. The Balaban J connectivity index is 1.78. The Hall–Kier alpha value is -1.38. The van der Waals surface area contributed by atoms with E-state index in [4.69, 9.17) is 11.6 Å². The van der Waals surface area contributed by atoms with Gasteiger partial charge >= 0.3 is 0 Å². The summed E-state index contributed by atoms with van der Waals surface area (Å²) < 4.78 is 30.3. The Labute approximate surface area is 216 Å². The minimum atomic E-state index is -3.62. The van der Waals surface area contributed by atoms with E-state index in [1.165, 1.54) is 16.9 Å². The van der Waals surface area contributed by atoms with Crippen molar-refractivity contribution in [2.75, 3.05) is 13.1 Å². The predicted octanol–water partition coefficient (Wildman–Crippen LogP) is 7.27. The van der Waals surface area contributed by atoms with Gasteiger partial charge in [-0.05, 0) is 86.0 Å². The average Bonchev–Trinajstić information content (AvgIpc) is 3.09. The topological polar surface area (TPSA) is 54.5 Å². The van der Waals surface area contributed by atoms with Crippen LogP contribution in [-0.4, -0.2) is 36.8 Å². The van der Waals surface area contributed by atoms with Gasteiger partial charge in [0.05, 0.1) is 0 Å². The number of sulfonamides is 1. The standard InChI is InChI=1S/C26H32ClNO3S3/c1-6-13-28(34(30,31)26-20(5)24-15-22(27)10-12-25(24)33-26)16-19(4)32-23-11-9-21(17(2)14-23)8-7-18(3)29/h9-12,14-15,19H,6-8,13,16H2,1-5H3. The largest absolute Gasteiger partial charge is 0.300 e. The maximum absolute atomic E-state index is 13.7. The zero-order chi connectivity index (χ0) is 25.0. The molecule has 0 aliphatic heterocycles. The van der Waals surface area contributed by atoms with E-state index < -0.39 is 10.0 Å². The number of aryl methyl sites for hydroxylation is 3. The highest BCUT2D eigenvalue weighted by molar-refractivity contribution is 8.00. The number of hydrogen-bond donors (Lipinski definition) is 0. The summed E-state index contributed by atoms with van der Waals surface area (Å²) in [6.07, 6.45) is 2.05. The van der Waals surface area contributed by atoms with Crippen molar-refractivity contribution in [1.82, 2.24) is 4.31 Å². The summed E-state index contributed by atoms with van der Waals surface area (Å²) in [7, 11) is -3.62. The van der Waals surface area contributed by atoms with Crippen molar-refractivity contribution in [3.05, 3.63) is 58.1 Å². The molecule has 0 aliphatic carbocycles. The highest BCUT2D eigenvalue weighted by Crippen LogP contribution is 2.37. The van der Waals surface area contributed by atoms with Crippen LogP contribution in [0.3, 0.4) is 0 Å². The van der Waals surface area contributed by atoms with Crippen LogP contribution in [0, 0.1) is 13.8 Å². The van der Waals surface area contributed by atoms with Crippen molar-refractivity contribution in [2.45, 2.75) is 68.2 Å². The number of carbonyl (C=O) groups excluding carboxylic acids is 1. The maximum atomic E-state index is 13.7. The second kappa shape index (κ2) is 11.6. The molecule has 3 rings (SSSR count). The molecular weight excluding hydrogens is 506 g/mol. The lowest BCUT2D eigenvalue weighted by Gasteiger charge is -2.24. The number of ketones is 1. The molecule has 8 heteroatoms. The molecule has 1 aromatic heterocycles. The van der Waals surface area contributed by atoms with Crippen LogP contribution >= 0.6 is 34.7 Å². The van der Waals surface area contributed by atoms with Gasteiger partial charge in [0.25, 0.3) is 10.0 Å². The molecule has 0 saturated carbocycles. The lowest BCUT2D eigenvalue weighted by Crippen LogP contribution is -2.36. The molecule has 0 saturated heterocycles. The molecule has 34 heavy (non-hydrogen) atoms. The summed E-state index contributed by atoms with van der Waals surface area (Å²) in [5.41, 5.74) is 3.11. The minimum absolute atomic E-state index is 0.0768. The fourth-order valence-electron chi connectivity index (χ4n) is 3.98. The van der Waals surface area contributed by atoms with Crippen LogP contribution in [0.15, 0.2) is 45.5 Å². The quantitative estimate of drug-likeness (QED) is 0.241. The normalized spacial score (nSPS) is 13.0. The number of rotatable bonds is 11. The smallest absolute Gasteiger partial charge is 0.252 e. The molecule has 4 nitrogen and oxygen atoms in total. The van der Waals surface area contributed by atoms with Gasteiger partial charge in [0.2, 0.25) is 0 Å². The van der Waals surface area contributed by atoms with Crippen LogP contribution in [-0.2, 0) is 21.2 Å². The summed E-state index contributed by atoms with van der Waals surface area (Å²) in [5, 5.41) is 1.58. The van der Waals surface area contributed by atoms with Gasteiger partial charge in [-0.25, -0.2) is 8.42 Å². The first-order chi connectivity index (χ1) is 16.0. The zero-order valence-corrected chi connectivity index (χ0v) is 23.6. The van der Waals surface area contributed by atoms with Gasteiger partial charge in [0.1, 0.15) is 9.99 Å². The van der Waals surface area contributed by atoms with Gasteiger partial charge in [0.15, 0.2) is 0 Å². The number of thioether (sulfide) groups is 1. The van der Waals surface area contributed by atoms with Gasteiger partial charge < -0.3 is 4.79 Å². The minimum Gasteiger partial charge on any atom is -0.300 e. The monoisotopic (exact) mass is 537 g/mol. The van der Waals surface area contributed by atoms with Gasteiger partial charge in [0, 0.05) is 39.4 Å². The van der Waals surface area contributed by atoms with E-state index in [0.29, 0.717) is 28.7 Å². The maximum Gasteiger partial charge on any atom is 0.252 e. The Morgan fingerprint density at radius 3 is 2.56 bits per heavy atom. The fraction of sp³-hybridized carbons (Fsp3) is 0.423. The Morgan fingerprint density at radius 2 is 1.91 bits per heavy atom. The first kappa shape index (κ1) is 27.2. The molecule has 0 amide bonds. The molecule has 0 bridgehead atoms. The van der Waals surface area contributed by atoms with Gasteiger partial charge in [-0.3, -0.25) is 0 Å². The number of halogens is 1. The number of hydrogen-bond acceptors (Lipinski definition) is 5. The number of carbonyl (C=O) groups is 1. The van der Waals surface area contributed by atoms with Crippen LogP contribution in [0.2, 0.25) is 5.02 Å². The van der Waals surface area contributed by atoms with Gasteiger partial charge in [-0.1, -0.05) is 31.5 Å². The number of thiophene rings is 1. The molecular formula is C26H32ClNO3S3. The third-order valence-corrected chi connectivity index (χ3v) is 10.8. The van der Waals surface area contributed by atoms with Crippen molar-refractivity contribution >= 4 is 60.6 Å². The Morgan fingerprint density at radius 1 is 1.18 bits per heavy atom. The van der Waals surface area contributed by atoms with Crippen molar-refractivity contribution in [2.24, 2.45) is 0 Å². The van der Waals surface area contributed by atoms with Crippen LogP contribution in [0.5, 0.6) is 0 Å². The lowest BCUT2D eigenvalue weighted by atomic mass is 10.0. The highest BCUT2D eigenvalue weighted by atomic mass is 35.5. The average molecular weight is 538 g/mol. The van der Waals surface area contributed by atoms with E-state index in [0.717, 1.165) is 39.0 Å². The third-order valence-electron chi connectivity index (χ3n) is 5.76. The van der Waals surface area contributed by atoms with E-state index >= 15 is 0 Å². The second-order valence-electron chi connectivity index (χ2n) is 8.74. The molecule has 1 heterocycles. The van der Waals surface area contributed by atoms with E-state index in [2.05, 4.69) is 32.0 Å². The number of Topliss-reactive ketones (excluding diaryl/α,β-unsaturated/α-hetero) is 1. The van der Waals surface area contributed by atoms with E-state index in [9.17, 15) is 13.2 Å². The summed E-state index contributed by atoms with van der Waals surface area (Å²) >= 11 is 9.15. The fourth-order valence-corrected chi connectivity index (χ4v) is 8.86. The summed E-state index contributed by atoms with van der Waals surface area (Å²) in [6.45, 7) is 10.5. The SMILES string of the molecule is CCCN(CC(C)Sc1ccc(CCC(C)=O)c(C)c1)S(=O)(=O)c1sc2ccc(Cl)cc2c1C. The highest BCUT2D eigenvalue weighted by Gasteiger charge is 2.30. The molecule has 184 valence electrons. The van der Waals surface area contributed by atoms with Crippen molar-refractivity contribution in [1.29, 1.82) is 0 Å². The van der Waals surface area contributed by atoms with E-state index in [-0.39, 0.29) is 11.0 Å². The van der Waals surface area contributed by atoms with Gasteiger partial charge in [-0.2, -0.15) is 4.31 Å². The van der Waals surface area contributed by atoms with Crippen LogP contribution in [0.4, 0.5) is 0 Å². The van der Waals surface area contributed by atoms with Gasteiger partial charge in [-0.15, -0.1) is 23.1 Å². The molecule has 0 aliphatic rings. The first-order valence-electron chi connectivity index (χ1n) is 11.5. The molecule has 0 radical (unpaired) electrons. The number of fused-ring (bicyclic) bond motifs is 1. The molecule has 0 N–H and O–H groups in total. The van der Waals surface area contributed by atoms with E-state index in [1.807, 2.05) is 26.0 Å². The van der Waals surface area contributed by atoms with E-state index in [1.54, 1.807) is 29.1 Å². The Bertz CT molecular complexity index is 1280. The Kier molecular flexibility index (Phi) is 9.26. The zero-order valence-electron chi connectivity index (χ0n) is 20.4. The summed E-state index contributed by atoms with van der Waals surface area (Å²) in [5.74, 6) is 0.195.